The molecule has 0 bridgehead atoms. The Hall–Kier alpha value is -1.58. The zero-order valence-electron chi connectivity index (χ0n) is 12.9. The molecule has 0 spiro atoms. The predicted molar refractivity (Wildman–Crippen MR) is 80.3 cm³/mol. The molecule has 0 aliphatic carbocycles. The second-order valence-corrected chi connectivity index (χ2v) is 6.97. The number of hydrogen-bond donors (Lipinski definition) is 1. The molecular weight excluding hydrogens is 250 g/mol. The quantitative estimate of drug-likeness (QED) is 0.918. The summed E-state index contributed by atoms with van der Waals surface area (Å²) in [4.78, 5) is 16.2. The summed E-state index contributed by atoms with van der Waals surface area (Å²) < 4.78 is 2.12. The van der Waals surface area contributed by atoms with E-state index in [9.17, 15) is 4.79 Å². The number of aryl methyl sites for hydroxylation is 1. The van der Waals surface area contributed by atoms with Gasteiger partial charge in [0.1, 0.15) is 0 Å². The fourth-order valence-electron chi connectivity index (χ4n) is 2.26. The lowest BCUT2D eigenvalue weighted by atomic mass is 9.92. The number of hydrogen-bond acceptors (Lipinski definition) is 2. The summed E-state index contributed by atoms with van der Waals surface area (Å²) in [7, 11) is 0. The fraction of sp³-hybridized carbons (Fsp3) is 0.625. The lowest BCUT2D eigenvalue weighted by molar-refractivity contribution is -0.118. The van der Waals surface area contributed by atoms with Crippen LogP contribution in [0.15, 0.2) is 24.2 Å². The van der Waals surface area contributed by atoms with Crippen LogP contribution in [0.25, 0.3) is 0 Å². The Morgan fingerprint density at radius 3 is 2.90 bits per heavy atom. The Kier molecular flexibility index (Phi) is 4.31. The average Bonchev–Trinajstić information content (AvgIpc) is 2.78. The minimum absolute atomic E-state index is 0.0485. The Bertz CT molecular complexity index is 508. The summed E-state index contributed by atoms with van der Waals surface area (Å²) in [6, 6.07) is 0. The number of nitrogens with zero attached hydrogens (tertiary/aromatic N) is 2. The summed E-state index contributed by atoms with van der Waals surface area (Å²) >= 11 is 0. The molecule has 0 radical (unpaired) electrons. The van der Waals surface area contributed by atoms with Gasteiger partial charge in [0.2, 0.25) is 5.91 Å². The maximum absolute atomic E-state index is 11.8. The number of carbonyl (C=O) groups is 1. The number of aromatic nitrogens is 2. The van der Waals surface area contributed by atoms with E-state index in [1.807, 2.05) is 6.33 Å². The van der Waals surface area contributed by atoms with Gasteiger partial charge in [0.25, 0.3) is 0 Å². The topological polar surface area (TPSA) is 46.9 Å². The highest BCUT2D eigenvalue weighted by Gasteiger charge is 2.18. The van der Waals surface area contributed by atoms with Gasteiger partial charge < -0.3 is 9.88 Å². The molecule has 1 aliphatic rings. The lowest BCUT2D eigenvalue weighted by Gasteiger charge is -2.18. The highest BCUT2D eigenvalue weighted by molar-refractivity contribution is 5.94. The molecule has 0 fully saturated rings. The average molecular weight is 275 g/mol. The molecule has 0 saturated carbocycles. The highest BCUT2D eigenvalue weighted by atomic mass is 16.1. The standard InChI is InChI=1S/C16H25N3O/c1-12-7-13(15(20)17-9-12)8-14-10-19(11-18-14)6-5-16(2,3)4/h7,10-12H,5-6,8-9H2,1-4H3,(H,17,20). The van der Waals surface area contributed by atoms with Crippen LogP contribution in [0.3, 0.4) is 0 Å². The van der Waals surface area contributed by atoms with Crippen LogP contribution in [-0.2, 0) is 17.8 Å². The summed E-state index contributed by atoms with van der Waals surface area (Å²) in [5, 5.41) is 2.91. The molecule has 1 N–H and O–H groups in total. The number of nitrogens with one attached hydrogen (secondary N) is 1. The van der Waals surface area contributed by atoms with Crippen molar-refractivity contribution in [3.05, 3.63) is 29.9 Å². The number of rotatable bonds is 4. The first-order chi connectivity index (χ1) is 9.33. The van der Waals surface area contributed by atoms with E-state index in [1.165, 1.54) is 0 Å². The predicted octanol–water partition coefficient (Wildman–Crippen LogP) is 2.55. The van der Waals surface area contributed by atoms with Crippen molar-refractivity contribution < 1.29 is 4.79 Å². The van der Waals surface area contributed by atoms with Crippen LogP contribution in [0.4, 0.5) is 0 Å². The van der Waals surface area contributed by atoms with Crippen molar-refractivity contribution in [2.24, 2.45) is 11.3 Å². The maximum Gasteiger partial charge on any atom is 0.247 e. The second kappa shape index (κ2) is 5.81. The van der Waals surface area contributed by atoms with Crippen molar-refractivity contribution in [1.29, 1.82) is 0 Å². The van der Waals surface area contributed by atoms with Crippen LogP contribution in [0.5, 0.6) is 0 Å². The van der Waals surface area contributed by atoms with Crippen LogP contribution in [0.2, 0.25) is 0 Å². The molecule has 4 heteroatoms. The van der Waals surface area contributed by atoms with E-state index in [2.05, 4.69) is 54.8 Å². The summed E-state index contributed by atoms with van der Waals surface area (Å²) in [5.74, 6) is 0.456. The van der Waals surface area contributed by atoms with Gasteiger partial charge in [-0.3, -0.25) is 4.79 Å². The van der Waals surface area contributed by atoms with Gasteiger partial charge in [0.05, 0.1) is 12.0 Å². The van der Waals surface area contributed by atoms with Gasteiger partial charge in [-0.25, -0.2) is 4.98 Å². The molecule has 0 aromatic carbocycles. The fourth-order valence-corrected chi connectivity index (χ4v) is 2.26. The number of amides is 1. The Morgan fingerprint density at radius 2 is 2.20 bits per heavy atom. The van der Waals surface area contributed by atoms with Gasteiger partial charge in [-0.2, -0.15) is 0 Å². The highest BCUT2D eigenvalue weighted by Crippen LogP contribution is 2.20. The van der Waals surface area contributed by atoms with Gasteiger partial charge in [-0.1, -0.05) is 33.8 Å². The van der Waals surface area contributed by atoms with Crippen LogP contribution in [0.1, 0.15) is 39.8 Å². The second-order valence-electron chi connectivity index (χ2n) is 6.97. The third-order valence-corrected chi connectivity index (χ3v) is 3.54. The molecule has 1 aromatic rings. The van der Waals surface area contributed by atoms with Crippen molar-refractivity contribution in [3.8, 4) is 0 Å². The SMILES string of the molecule is CC1C=C(Cc2cn(CCC(C)(C)C)cn2)C(=O)NC1. The summed E-state index contributed by atoms with van der Waals surface area (Å²) in [6.07, 6.45) is 7.72. The van der Waals surface area contributed by atoms with Crippen LogP contribution in [-0.4, -0.2) is 22.0 Å². The van der Waals surface area contributed by atoms with Crippen molar-refractivity contribution in [3.63, 3.8) is 0 Å². The van der Waals surface area contributed by atoms with Crippen molar-refractivity contribution in [1.82, 2.24) is 14.9 Å². The molecule has 1 aromatic heterocycles. The Morgan fingerprint density at radius 1 is 1.45 bits per heavy atom. The minimum atomic E-state index is 0.0485. The van der Waals surface area contributed by atoms with Crippen molar-refractivity contribution >= 4 is 5.91 Å². The van der Waals surface area contributed by atoms with E-state index >= 15 is 0 Å². The van der Waals surface area contributed by atoms with E-state index in [0.29, 0.717) is 17.8 Å². The maximum atomic E-state index is 11.8. The van der Waals surface area contributed by atoms with E-state index in [1.54, 1.807) is 0 Å². The molecule has 0 saturated heterocycles. The molecule has 20 heavy (non-hydrogen) atoms. The summed E-state index contributed by atoms with van der Waals surface area (Å²) in [6.45, 7) is 10.5. The zero-order valence-corrected chi connectivity index (χ0v) is 12.9. The molecule has 1 atom stereocenters. The van der Waals surface area contributed by atoms with Gasteiger partial charge in [0.15, 0.2) is 0 Å². The van der Waals surface area contributed by atoms with Crippen LogP contribution >= 0.6 is 0 Å². The van der Waals surface area contributed by atoms with Gasteiger partial charge in [-0.05, 0) is 17.8 Å². The molecule has 1 amide bonds. The van der Waals surface area contributed by atoms with E-state index in [4.69, 9.17) is 0 Å². The van der Waals surface area contributed by atoms with Gasteiger partial charge in [0, 0.05) is 31.3 Å². The molecule has 110 valence electrons. The molecule has 4 nitrogen and oxygen atoms in total. The zero-order chi connectivity index (χ0) is 14.8. The molecule has 1 aliphatic heterocycles. The first-order valence-electron chi connectivity index (χ1n) is 7.33. The Balaban J connectivity index is 1.97. The largest absolute Gasteiger partial charge is 0.352 e. The minimum Gasteiger partial charge on any atom is -0.352 e. The van der Waals surface area contributed by atoms with Crippen LogP contribution in [0, 0.1) is 11.3 Å². The lowest BCUT2D eigenvalue weighted by Crippen LogP contribution is -2.34. The smallest absolute Gasteiger partial charge is 0.247 e. The van der Waals surface area contributed by atoms with E-state index in [0.717, 1.165) is 30.8 Å². The monoisotopic (exact) mass is 275 g/mol. The first-order valence-corrected chi connectivity index (χ1v) is 7.33. The Labute approximate surface area is 121 Å². The van der Waals surface area contributed by atoms with E-state index in [-0.39, 0.29) is 5.91 Å². The summed E-state index contributed by atoms with van der Waals surface area (Å²) in [5.41, 5.74) is 2.13. The molecule has 2 rings (SSSR count). The molecular formula is C16H25N3O. The third-order valence-electron chi connectivity index (χ3n) is 3.54. The van der Waals surface area contributed by atoms with Crippen molar-refractivity contribution in [2.75, 3.05) is 6.54 Å². The van der Waals surface area contributed by atoms with Gasteiger partial charge >= 0.3 is 0 Å². The number of imidazole rings is 1. The van der Waals surface area contributed by atoms with Crippen LogP contribution < -0.4 is 5.32 Å². The van der Waals surface area contributed by atoms with Gasteiger partial charge in [-0.15, -0.1) is 0 Å². The van der Waals surface area contributed by atoms with Crippen molar-refractivity contribution in [2.45, 2.75) is 47.1 Å². The molecule has 2 heterocycles. The molecule has 1 unspecified atom stereocenters. The van der Waals surface area contributed by atoms with E-state index < -0.39 is 0 Å². The first kappa shape index (κ1) is 14.8. The third kappa shape index (κ3) is 4.22. The number of carbonyl (C=O) groups excluding carboxylic acids is 1. The normalized spacial score (nSPS) is 19.7.